The van der Waals surface area contributed by atoms with Crippen molar-refractivity contribution in [3.05, 3.63) is 35.4 Å². The van der Waals surface area contributed by atoms with E-state index in [9.17, 15) is 0 Å². The summed E-state index contributed by atoms with van der Waals surface area (Å²) in [6, 6.07) is 8.54. The third-order valence-electron chi connectivity index (χ3n) is 2.53. The Hall–Kier alpha value is -1.55. The molecule has 3 N–H and O–H groups in total. The van der Waals surface area contributed by atoms with E-state index in [1.807, 2.05) is 26.0 Å². The Bertz CT molecular complexity index is 447. The molecule has 0 radical (unpaired) electrons. The third kappa shape index (κ3) is 7.14. The summed E-state index contributed by atoms with van der Waals surface area (Å²) in [4.78, 5) is 4.33. The minimum atomic E-state index is -0.125. The van der Waals surface area contributed by atoms with E-state index in [1.165, 1.54) is 0 Å². The number of aliphatic imine (C=N–C) groups is 1. The van der Waals surface area contributed by atoms with Gasteiger partial charge in [-0.05, 0) is 45.7 Å². The first-order valence-corrected chi connectivity index (χ1v) is 7.04. The summed E-state index contributed by atoms with van der Waals surface area (Å²) in [6.07, 6.45) is 0. The second-order valence-electron chi connectivity index (χ2n) is 6.22. The maximum absolute atomic E-state index is 5.79. The number of nitrogens with two attached hydrogens (primary N) is 1. The molecule has 0 fully saturated rings. The van der Waals surface area contributed by atoms with E-state index in [0.717, 1.165) is 11.1 Å². The molecule has 1 aromatic carbocycles. The molecular weight excluding hydrogens is 250 g/mol. The van der Waals surface area contributed by atoms with Crippen LogP contribution in [0.3, 0.4) is 0 Å². The number of ether oxygens (including phenoxy) is 1. The first kappa shape index (κ1) is 16.5. The zero-order chi connectivity index (χ0) is 15.2. The number of benzene rings is 1. The molecule has 4 heteroatoms. The van der Waals surface area contributed by atoms with E-state index < -0.39 is 0 Å². The Morgan fingerprint density at radius 1 is 1.30 bits per heavy atom. The van der Waals surface area contributed by atoms with Crippen molar-refractivity contribution in [3.8, 4) is 0 Å². The lowest BCUT2D eigenvalue weighted by atomic mass is 10.1. The quantitative estimate of drug-likeness (QED) is 0.642. The van der Waals surface area contributed by atoms with Gasteiger partial charge in [0.05, 0.1) is 18.8 Å². The lowest BCUT2D eigenvalue weighted by Crippen LogP contribution is -2.36. The van der Waals surface area contributed by atoms with E-state index in [-0.39, 0.29) is 5.60 Å². The number of hydrogen-bond donors (Lipinski definition) is 2. The van der Waals surface area contributed by atoms with Crippen molar-refractivity contribution in [2.45, 2.75) is 59.4 Å². The SMILES string of the molecule is CC(C)NC(N)=NCc1cccc(COC(C)(C)C)c1. The van der Waals surface area contributed by atoms with Crippen LogP contribution in [0.25, 0.3) is 0 Å². The van der Waals surface area contributed by atoms with Gasteiger partial charge in [0.2, 0.25) is 0 Å². The molecule has 1 aromatic rings. The van der Waals surface area contributed by atoms with Crippen molar-refractivity contribution in [2.75, 3.05) is 0 Å². The van der Waals surface area contributed by atoms with Gasteiger partial charge in [-0.3, -0.25) is 0 Å². The van der Waals surface area contributed by atoms with Crippen LogP contribution in [-0.2, 0) is 17.9 Å². The summed E-state index contributed by atoms with van der Waals surface area (Å²) in [7, 11) is 0. The van der Waals surface area contributed by atoms with E-state index in [2.05, 4.69) is 43.2 Å². The first-order valence-electron chi connectivity index (χ1n) is 7.04. The van der Waals surface area contributed by atoms with Crippen LogP contribution in [0.5, 0.6) is 0 Å². The standard InChI is InChI=1S/C16H27N3O/c1-12(2)19-15(17)18-10-13-7-6-8-14(9-13)11-20-16(3,4)5/h6-9,12H,10-11H2,1-5H3,(H3,17,18,19). The highest BCUT2D eigenvalue weighted by molar-refractivity contribution is 5.78. The molecule has 0 aromatic heterocycles. The fourth-order valence-corrected chi connectivity index (χ4v) is 1.64. The summed E-state index contributed by atoms with van der Waals surface area (Å²) in [5.41, 5.74) is 7.95. The van der Waals surface area contributed by atoms with Crippen LogP contribution in [0, 0.1) is 0 Å². The Morgan fingerprint density at radius 3 is 2.55 bits per heavy atom. The smallest absolute Gasteiger partial charge is 0.189 e. The molecule has 0 atom stereocenters. The van der Waals surface area contributed by atoms with Gasteiger partial charge in [0, 0.05) is 6.04 Å². The predicted molar refractivity (Wildman–Crippen MR) is 84.6 cm³/mol. The summed E-state index contributed by atoms with van der Waals surface area (Å²) >= 11 is 0. The van der Waals surface area contributed by atoms with Gasteiger partial charge in [0.25, 0.3) is 0 Å². The molecule has 0 saturated carbocycles. The van der Waals surface area contributed by atoms with Crippen molar-refractivity contribution >= 4 is 5.96 Å². The summed E-state index contributed by atoms with van der Waals surface area (Å²) in [6.45, 7) is 11.4. The normalized spacial score (nSPS) is 12.8. The second kappa shape index (κ2) is 7.29. The van der Waals surface area contributed by atoms with E-state index >= 15 is 0 Å². The highest BCUT2D eigenvalue weighted by atomic mass is 16.5. The van der Waals surface area contributed by atoms with Gasteiger partial charge in [0.15, 0.2) is 5.96 Å². The Labute approximate surface area is 122 Å². The minimum absolute atomic E-state index is 0.125. The number of hydrogen-bond acceptors (Lipinski definition) is 2. The molecule has 20 heavy (non-hydrogen) atoms. The minimum Gasteiger partial charge on any atom is -0.371 e. The molecule has 0 heterocycles. The highest BCUT2D eigenvalue weighted by Crippen LogP contribution is 2.13. The van der Waals surface area contributed by atoms with Crippen LogP contribution in [0.2, 0.25) is 0 Å². The molecule has 0 saturated heterocycles. The summed E-state index contributed by atoms with van der Waals surface area (Å²) in [5, 5.41) is 3.08. The van der Waals surface area contributed by atoms with Gasteiger partial charge in [-0.2, -0.15) is 0 Å². The molecule has 0 aliphatic carbocycles. The van der Waals surface area contributed by atoms with Crippen LogP contribution in [0.1, 0.15) is 45.7 Å². The molecule has 1 rings (SSSR count). The van der Waals surface area contributed by atoms with Crippen LogP contribution in [-0.4, -0.2) is 17.6 Å². The molecule has 0 aliphatic heterocycles. The Kier molecular flexibility index (Phi) is 6.02. The Morgan fingerprint density at radius 2 is 1.95 bits per heavy atom. The monoisotopic (exact) mass is 277 g/mol. The predicted octanol–water partition coefficient (Wildman–Crippen LogP) is 2.81. The number of guanidine groups is 1. The Balaban J connectivity index is 2.60. The third-order valence-corrected chi connectivity index (χ3v) is 2.53. The molecule has 0 aliphatic rings. The number of rotatable bonds is 5. The average Bonchev–Trinajstić information content (AvgIpc) is 2.33. The largest absolute Gasteiger partial charge is 0.371 e. The molecule has 0 unspecified atom stereocenters. The van der Waals surface area contributed by atoms with Crippen molar-refractivity contribution in [3.63, 3.8) is 0 Å². The molecule has 0 amide bonds. The van der Waals surface area contributed by atoms with Crippen LogP contribution >= 0.6 is 0 Å². The number of nitrogens with zero attached hydrogens (tertiary/aromatic N) is 1. The van der Waals surface area contributed by atoms with Crippen LogP contribution < -0.4 is 11.1 Å². The van der Waals surface area contributed by atoms with Gasteiger partial charge < -0.3 is 15.8 Å². The zero-order valence-electron chi connectivity index (χ0n) is 13.2. The van der Waals surface area contributed by atoms with Crippen LogP contribution in [0.15, 0.2) is 29.3 Å². The van der Waals surface area contributed by atoms with Gasteiger partial charge in [0.1, 0.15) is 0 Å². The molecule has 0 bridgehead atoms. The lowest BCUT2D eigenvalue weighted by Gasteiger charge is -2.19. The summed E-state index contributed by atoms with van der Waals surface area (Å²) in [5.74, 6) is 0.483. The van der Waals surface area contributed by atoms with Crippen molar-refractivity contribution in [1.29, 1.82) is 0 Å². The van der Waals surface area contributed by atoms with E-state index in [0.29, 0.717) is 25.2 Å². The molecule has 112 valence electrons. The van der Waals surface area contributed by atoms with Gasteiger partial charge in [-0.1, -0.05) is 24.3 Å². The second-order valence-corrected chi connectivity index (χ2v) is 6.22. The topological polar surface area (TPSA) is 59.6 Å². The van der Waals surface area contributed by atoms with E-state index in [1.54, 1.807) is 0 Å². The van der Waals surface area contributed by atoms with Crippen LogP contribution in [0.4, 0.5) is 0 Å². The van der Waals surface area contributed by atoms with E-state index in [4.69, 9.17) is 10.5 Å². The first-order chi connectivity index (χ1) is 9.26. The zero-order valence-corrected chi connectivity index (χ0v) is 13.2. The van der Waals surface area contributed by atoms with Gasteiger partial charge >= 0.3 is 0 Å². The molecule has 0 spiro atoms. The van der Waals surface area contributed by atoms with Crippen molar-refractivity contribution < 1.29 is 4.74 Å². The highest BCUT2D eigenvalue weighted by Gasteiger charge is 2.10. The van der Waals surface area contributed by atoms with Crippen molar-refractivity contribution in [1.82, 2.24) is 5.32 Å². The van der Waals surface area contributed by atoms with Gasteiger partial charge in [-0.15, -0.1) is 0 Å². The fraction of sp³-hybridized carbons (Fsp3) is 0.562. The number of nitrogens with one attached hydrogen (secondary N) is 1. The van der Waals surface area contributed by atoms with Gasteiger partial charge in [-0.25, -0.2) is 4.99 Å². The lowest BCUT2D eigenvalue weighted by molar-refractivity contribution is -0.0149. The summed E-state index contributed by atoms with van der Waals surface area (Å²) < 4.78 is 5.78. The van der Waals surface area contributed by atoms with Crippen molar-refractivity contribution in [2.24, 2.45) is 10.7 Å². The average molecular weight is 277 g/mol. The molecular formula is C16H27N3O. The molecule has 4 nitrogen and oxygen atoms in total. The fourth-order valence-electron chi connectivity index (χ4n) is 1.64. The maximum Gasteiger partial charge on any atom is 0.189 e. The maximum atomic E-state index is 5.79.